The van der Waals surface area contributed by atoms with E-state index in [1.54, 1.807) is 18.0 Å². The van der Waals surface area contributed by atoms with Gasteiger partial charge in [-0.25, -0.2) is 4.98 Å². The molecule has 2 aromatic heterocycles. The summed E-state index contributed by atoms with van der Waals surface area (Å²) in [6, 6.07) is 7.81. The zero-order chi connectivity index (χ0) is 19.9. The highest BCUT2D eigenvalue weighted by molar-refractivity contribution is 5.97. The van der Waals surface area contributed by atoms with Crippen LogP contribution in [0.1, 0.15) is 22.8 Å². The molecule has 146 valence electrons. The fourth-order valence-electron chi connectivity index (χ4n) is 2.64. The maximum Gasteiger partial charge on any atom is 0.254 e. The van der Waals surface area contributed by atoms with E-state index in [0.717, 1.165) is 30.0 Å². The molecular formula is C19H23N7O2. The Kier molecular flexibility index (Phi) is 6.05. The van der Waals surface area contributed by atoms with Crippen LogP contribution in [0.3, 0.4) is 0 Å². The molecule has 1 aromatic carbocycles. The number of primary amides is 1. The van der Waals surface area contributed by atoms with Crippen molar-refractivity contribution >= 4 is 23.4 Å². The third-order valence-electron chi connectivity index (χ3n) is 4.11. The molecule has 0 bridgehead atoms. The molecule has 0 spiro atoms. The molecule has 0 aliphatic carbocycles. The number of hydrogen-bond acceptors (Lipinski definition) is 7. The van der Waals surface area contributed by atoms with Gasteiger partial charge < -0.3 is 21.1 Å². The first kappa shape index (κ1) is 19.2. The smallest absolute Gasteiger partial charge is 0.254 e. The molecule has 0 saturated heterocycles. The van der Waals surface area contributed by atoms with Gasteiger partial charge in [0.15, 0.2) is 0 Å². The van der Waals surface area contributed by atoms with Crippen molar-refractivity contribution in [3.63, 3.8) is 0 Å². The number of anilines is 3. The molecule has 9 heteroatoms. The summed E-state index contributed by atoms with van der Waals surface area (Å²) in [6.07, 6.45) is 5.67. The second kappa shape index (κ2) is 8.85. The minimum atomic E-state index is -0.589. The summed E-state index contributed by atoms with van der Waals surface area (Å²) in [4.78, 5) is 20.3. The van der Waals surface area contributed by atoms with Crippen LogP contribution in [-0.2, 0) is 13.0 Å². The number of aromatic nitrogens is 4. The molecule has 0 saturated carbocycles. The number of nitrogens with one attached hydrogen (secondary N) is 2. The molecule has 4 N–H and O–H groups in total. The Bertz CT molecular complexity index is 955. The van der Waals surface area contributed by atoms with E-state index < -0.39 is 5.91 Å². The van der Waals surface area contributed by atoms with Crippen molar-refractivity contribution in [2.75, 3.05) is 24.3 Å². The molecule has 1 amide bonds. The monoisotopic (exact) mass is 381 g/mol. The number of rotatable bonds is 9. The van der Waals surface area contributed by atoms with Crippen LogP contribution in [0.2, 0.25) is 0 Å². The predicted molar refractivity (Wildman–Crippen MR) is 107 cm³/mol. The molecule has 28 heavy (non-hydrogen) atoms. The fourth-order valence-corrected chi connectivity index (χ4v) is 2.64. The molecule has 9 nitrogen and oxygen atoms in total. The highest BCUT2D eigenvalue weighted by Gasteiger charge is 2.12. The predicted octanol–water partition coefficient (Wildman–Crippen LogP) is 2.20. The van der Waals surface area contributed by atoms with Crippen LogP contribution in [0.15, 0.2) is 42.9 Å². The topological polar surface area (TPSA) is 120 Å². The minimum Gasteiger partial charge on any atom is -0.497 e. The molecule has 0 atom stereocenters. The molecule has 0 aliphatic rings. The van der Waals surface area contributed by atoms with Gasteiger partial charge in [0.1, 0.15) is 11.6 Å². The van der Waals surface area contributed by atoms with Gasteiger partial charge in [0.2, 0.25) is 5.95 Å². The molecule has 3 rings (SSSR count). The highest BCUT2D eigenvalue weighted by atomic mass is 16.5. The molecule has 3 aromatic rings. The van der Waals surface area contributed by atoms with Gasteiger partial charge in [-0.2, -0.15) is 10.1 Å². The number of methoxy groups -OCH3 is 1. The van der Waals surface area contributed by atoms with Gasteiger partial charge in [-0.05, 0) is 31.0 Å². The fraction of sp³-hybridized carbons (Fsp3) is 0.263. The average Bonchev–Trinajstić information content (AvgIpc) is 3.15. The van der Waals surface area contributed by atoms with Gasteiger partial charge in [0, 0.05) is 25.5 Å². The lowest BCUT2D eigenvalue weighted by Gasteiger charge is -2.11. The Hall–Kier alpha value is -3.62. The lowest BCUT2D eigenvalue weighted by molar-refractivity contribution is 0.100. The molecule has 0 radical (unpaired) electrons. The van der Waals surface area contributed by atoms with E-state index in [0.29, 0.717) is 18.3 Å². The van der Waals surface area contributed by atoms with E-state index >= 15 is 0 Å². The van der Waals surface area contributed by atoms with Crippen molar-refractivity contribution in [1.82, 2.24) is 19.7 Å². The second-order valence-corrected chi connectivity index (χ2v) is 6.06. The van der Waals surface area contributed by atoms with Gasteiger partial charge in [-0.3, -0.25) is 9.48 Å². The lowest BCUT2D eigenvalue weighted by atomic mass is 10.1. The first-order chi connectivity index (χ1) is 13.6. The number of hydrogen-bond donors (Lipinski definition) is 3. The van der Waals surface area contributed by atoms with Gasteiger partial charge in [-0.15, -0.1) is 0 Å². The zero-order valence-corrected chi connectivity index (χ0v) is 15.8. The van der Waals surface area contributed by atoms with Gasteiger partial charge >= 0.3 is 0 Å². The van der Waals surface area contributed by atoms with Gasteiger partial charge in [0.05, 0.1) is 24.6 Å². The normalized spacial score (nSPS) is 10.5. The third-order valence-corrected chi connectivity index (χ3v) is 4.11. The van der Waals surface area contributed by atoms with Crippen molar-refractivity contribution in [1.29, 1.82) is 0 Å². The van der Waals surface area contributed by atoms with Crippen LogP contribution in [0.5, 0.6) is 5.75 Å². The summed E-state index contributed by atoms with van der Waals surface area (Å²) in [5.41, 5.74) is 7.55. The van der Waals surface area contributed by atoms with E-state index in [1.807, 2.05) is 37.4 Å². The Balaban J connectivity index is 1.71. The molecule has 2 heterocycles. The average molecular weight is 381 g/mol. The number of nitrogens with two attached hydrogens (primary N) is 1. The third kappa shape index (κ3) is 4.76. The van der Waals surface area contributed by atoms with E-state index in [2.05, 4.69) is 25.7 Å². The molecule has 0 aliphatic heterocycles. The Labute approximate surface area is 162 Å². The number of aryl methyl sites for hydroxylation is 1. The number of benzene rings is 1. The standard InChI is InChI=1S/C19H23N7O2/c1-3-26-12-14(10-23-26)24-19-22-11-16(17(20)27)18(25-19)21-8-7-13-5-4-6-15(9-13)28-2/h4-6,9-12H,3,7-8H2,1-2H3,(H2,20,27)(H2,21,22,24,25). The second-order valence-electron chi connectivity index (χ2n) is 6.06. The molecule has 0 fully saturated rings. The maximum absolute atomic E-state index is 11.7. The maximum atomic E-state index is 11.7. The molecular weight excluding hydrogens is 358 g/mol. The van der Waals surface area contributed by atoms with E-state index in [9.17, 15) is 4.79 Å². The van der Waals surface area contributed by atoms with Crippen molar-refractivity contribution in [2.24, 2.45) is 5.73 Å². The van der Waals surface area contributed by atoms with Gasteiger partial charge in [-0.1, -0.05) is 12.1 Å². The van der Waals surface area contributed by atoms with Crippen molar-refractivity contribution < 1.29 is 9.53 Å². The van der Waals surface area contributed by atoms with E-state index in [-0.39, 0.29) is 5.56 Å². The van der Waals surface area contributed by atoms with Crippen LogP contribution in [0, 0.1) is 0 Å². The number of nitrogens with zero attached hydrogens (tertiary/aromatic N) is 4. The first-order valence-corrected chi connectivity index (χ1v) is 8.92. The lowest BCUT2D eigenvalue weighted by Crippen LogP contribution is -2.18. The number of carbonyl (C=O) groups is 1. The largest absolute Gasteiger partial charge is 0.497 e. The van der Waals surface area contributed by atoms with E-state index in [4.69, 9.17) is 10.5 Å². The highest BCUT2D eigenvalue weighted by Crippen LogP contribution is 2.18. The zero-order valence-electron chi connectivity index (χ0n) is 15.8. The molecule has 0 unspecified atom stereocenters. The van der Waals surface area contributed by atoms with Crippen molar-refractivity contribution in [3.05, 3.63) is 54.0 Å². The summed E-state index contributed by atoms with van der Waals surface area (Å²) >= 11 is 0. The van der Waals surface area contributed by atoms with Gasteiger partial charge in [0.25, 0.3) is 5.91 Å². The summed E-state index contributed by atoms with van der Waals surface area (Å²) < 4.78 is 7.02. The Morgan fingerprint density at radius 1 is 1.32 bits per heavy atom. The number of carbonyl (C=O) groups excluding carboxylic acids is 1. The van der Waals surface area contributed by atoms with Crippen LogP contribution < -0.4 is 21.1 Å². The summed E-state index contributed by atoms with van der Waals surface area (Å²) in [5.74, 6) is 0.950. The number of amides is 1. The van der Waals surface area contributed by atoms with Crippen LogP contribution in [0.4, 0.5) is 17.5 Å². The summed E-state index contributed by atoms with van der Waals surface area (Å²) in [5, 5.41) is 10.4. The minimum absolute atomic E-state index is 0.237. The Morgan fingerprint density at radius 3 is 2.89 bits per heavy atom. The van der Waals surface area contributed by atoms with Crippen LogP contribution in [-0.4, -0.2) is 39.3 Å². The number of ether oxygens (including phenoxy) is 1. The summed E-state index contributed by atoms with van der Waals surface area (Å²) in [7, 11) is 1.64. The van der Waals surface area contributed by atoms with E-state index in [1.165, 1.54) is 6.20 Å². The SMILES string of the molecule is CCn1cc(Nc2ncc(C(N)=O)c(NCCc3cccc(OC)c3)n2)cn1. The summed E-state index contributed by atoms with van der Waals surface area (Å²) in [6.45, 7) is 3.33. The quantitative estimate of drug-likeness (QED) is 0.520. The first-order valence-electron chi connectivity index (χ1n) is 8.92. The Morgan fingerprint density at radius 2 is 2.18 bits per heavy atom. The van der Waals surface area contributed by atoms with Crippen LogP contribution in [0.25, 0.3) is 0 Å². The van der Waals surface area contributed by atoms with Crippen LogP contribution >= 0.6 is 0 Å². The van der Waals surface area contributed by atoms with Crippen molar-refractivity contribution in [2.45, 2.75) is 19.9 Å². The van der Waals surface area contributed by atoms with Crippen molar-refractivity contribution in [3.8, 4) is 5.75 Å².